The molecule has 0 radical (unpaired) electrons. The Morgan fingerprint density at radius 2 is 1.53 bits per heavy atom. The maximum atomic E-state index is 13.4. The van der Waals surface area contributed by atoms with Crippen LogP contribution in [0, 0.1) is 0 Å². The van der Waals surface area contributed by atoms with Gasteiger partial charge in [-0.25, -0.2) is 4.90 Å². The van der Waals surface area contributed by atoms with Crippen LogP contribution in [0.5, 0.6) is 5.75 Å². The molecule has 0 spiro atoms. The summed E-state index contributed by atoms with van der Waals surface area (Å²) in [7, 11) is 1.57. The van der Waals surface area contributed by atoms with E-state index in [1.165, 1.54) is 17.8 Å². The van der Waals surface area contributed by atoms with E-state index < -0.39 is 11.8 Å². The normalized spacial score (nSPS) is 13.9. The van der Waals surface area contributed by atoms with Crippen molar-refractivity contribution in [2.75, 3.05) is 12.0 Å². The number of amides is 2. The van der Waals surface area contributed by atoms with Crippen LogP contribution in [-0.4, -0.2) is 18.9 Å². The molecule has 0 aromatic heterocycles. The number of ether oxygens (including phenoxy) is 1. The van der Waals surface area contributed by atoms with Crippen LogP contribution < -0.4 is 9.64 Å². The number of anilines is 1. The lowest BCUT2D eigenvalue weighted by atomic mass is 10.1. The number of methoxy groups -OCH3 is 1. The van der Waals surface area contributed by atoms with E-state index in [9.17, 15) is 9.59 Å². The van der Waals surface area contributed by atoms with Crippen LogP contribution in [-0.2, 0) is 9.59 Å². The molecular formula is C23H15Cl2NO3S. The third-order valence-electron chi connectivity index (χ3n) is 4.54. The highest BCUT2D eigenvalue weighted by atomic mass is 35.5. The first-order valence-electron chi connectivity index (χ1n) is 8.95. The largest absolute Gasteiger partial charge is 0.497 e. The average molecular weight is 456 g/mol. The summed E-state index contributed by atoms with van der Waals surface area (Å²) < 4.78 is 5.21. The molecule has 0 atom stereocenters. The van der Waals surface area contributed by atoms with E-state index in [1.54, 1.807) is 43.5 Å². The van der Waals surface area contributed by atoms with Crippen LogP contribution in [0.2, 0.25) is 10.0 Å². The summed E-state index contributed by atoms with van der Waals surface area (Å²) in [5.74, 6) is -0.158. The third-order valence-corrected chi connectivity index (χ3v) is 6.37. The van der Waals surface area contributed by atoms with Gasteiger partial charge in [-0.15, -0.1) is 0 Å². The van der Waals surface area contributed by atoms with Crippen molar-refractivity contribution in [2.45, 2.75) is 4.90 Å². The molecule has 1 aliphatic rings. The van der Waals surface area contributed by atoms with E-state index in [0.29, 0.717) is 32.5 Å². The van der Waals surface area contributed by atoms with Gasteiger partial charge in [0, 0.05) is 4.90 Å². The molecule has 1 aliphatic heterocycles. The minimum atomic E-state index is -0.415. The number of carbonyl (C=O) groups excluding carboxylic acids is 2. The zero-order valence-corrected chi connectivity index (χ0v) is 18.1. The van der Waals surface area contributed by atoms with Crippen LogP contribution in [0.25, 0.3) is 5.57 Å². The van der Waals surface area contributed by atoms with Gasteiger partial charge in [0.1, 0.15) is 5.75 Å². The average Bonchev–Trinajstić information content (AvgIpc) is 3.00. The number of hydrogen-bond acceptors (Lipinski definition) is 4. The molecule has 0 unspecified atom stereocenters. The summed E-state index contributed by atoms with van der Waals surface area (Å²) in [6.45, 7) is 0. The highest BCUT2D eigenvalue weighted by Crippen LogP contribution is 2.42. The van der Waals surface area contributed by atoms with Crippen LogP contribution in [0.15, 0.2) is 82.6 Å². The zero-order chi connectivity index (χ0) is 21.3. The smallest absolute Gasteiger partial charge is 0.272 e. The molecule has 0 saturated heterocycles. The Balaban J connectivity index is 1.81. The topological polar surface area (TPSA) is 46.6 Å². The van der Waals surface area contributed by atoms with Crippen molar-refractivity contribution in [3.05, 3.63) is 93.3 Å². The molecule has 150 valence electrons. The SMILES string of the molecule is COc1ccc(C2=C(Sc3ccccc3)C(=O)N(c3ccc(Cl)c(Cl)c3)C2=O)cc1. The molecule has 4 rings (SSSR count). The van der Waals surface area contributed by atoms with E-state index in [1.807, 2.05) is 30.3 Å². The van der Waals surface area contributed by atoms with Gasteiger partial charge in [0.05, 0.1) is 33.3 Å². The van der Waals surface area contributed by atoms with Gasteiger partial charge in [-0.2, -0.15) is 0 Å². The maximum Gasteiger partial charge on any atom is 0.272 e. The fourth-order valence-corrected chi connectivity index (χ4v) is 4.39. The maximum absolute atomic E-state index is 13.4. The number of hydrogen-bond donors (Lipinski definition) is 0. The molecule has 0 aliphatic carbocycles. The minimum absolute atomic E-state index is 0.268. The standard InChI is InChI=1S/C23H15Cl2NO3S/c1-29-16-10-7-14(8-11-16)20-21(30-17-5-3-2-4-6-17)23(28)26(22(20)27)15-9-12-18(24)19(25)13-15/h2-13H,1H3. The summed E-state index contributed by atoms with van der Waals surface area (Å²) >= 11 is 13.4. The monoisotopic (exact) mass is 455 g/mol. The van der Waals surface area contributed by atoms with Crippen molar-refractivity contribution in [3.8, 4) is 5.75 Å². The number of benzene rings is 3. The predicted molar refractivity (Wildman–Crippen MR) is 121 cm³/mol. The molecule has 30 heavy (non-hydrogen) atoms. The van der Waals surface area contributed by atoms with Gasteiger partial charge in [-0.05, 0) is 48.0 Å². The van der Waals surface area contributed by atoms with Crippen LogP contribution >= 0.6 is 35.0 Å². The Morgan fingerprint density at radius 1 is 0.833 bits per heavy atom. The number of carbonyl (C=O) groups is 2. The lowest BCUT2D eigenvalue weighted by molar-refractivity contribution is -0.119. The van der Waals surface area contributed by atoms with E-state index in [0.717, 1.165) is 9.80 Å². The first-order valence-corrected chi connectivity index (χ1v) is 10.5. The molecule has 0 saturated carbocycles. The van der Waals surface area contributed by atoms with E-state index in [4.69, 9.17) is 27.9 Å². The molecule has 7 heteroatoms. The fourth-order valence-electron chi connectivity index (χ4n) is 3.08. The Kier molecular flexibility index (Phi) is 5.86. The Bertz CT molecular complexity index is 1160. The molecular weight excluding hydrogens is 441 g/mol. The Labute approximate surface area is 188 Å². The second kappa shape index (κ2) is 8.56. The second-order valence-electron chi connectivity index (χ2n) is 6.39. The zero-order valence-electron chi connectivity index (χ0n) is 15.8. The number of thioether (sulfide) groups is 1. The number of nitrogens with zero attached hydrogens (tertiary/aromatic N) is 1. The van der Waals surface area contributed by atoms with Crippen LogP contribution in [0.1, 0.15) is 5.56 Å². The summed E-state index contributed by atoms with van der Waals surface area (Å²) in [4.78, 5) is 29.1. The molecule has 3 aromatic carbocycles. The van der Waals surface area contributed by atoms with E-state index in [2.05, 4.69) is 0 Å². The van der Waals surface area contributed by atoms with Crippen molar-refractivity contribution < 1.29 is 14.3 Å². The van der Waals surface area contributed by atoms with Crippen molar-refractivity contribution in [1.29, 1.82) is 0 Å². The van der Waals surface area contributed by atoms with Crippen LogP contribution in [0.4, 0.5) is 5.69 Å². The van der Waals surface area contributed by atoms with Gasteiger partial charge in [0.15, 0.2) is 0 Å². The van der Waals surface area contributed by atoms with Gasteiger partial charge in [-0.3, -0.25) is 9.59 Å². The van der Waals surface area contributed by atoms with Gasteiger partial charge in [0.2, 0.25) is 0 Å². The summed E-state index contributed by atoms with van der Waals surface area (Å²) in [6, 6.07) is 21.2. The van der Waals surface area contributed by atoms with Crippen molar-refractivity contribution in [2.24, 2.45) is 0 Å². The molecule has 2 amide bonds. The highest BCUT2D eigenvalue weighted by molar-refractivity contribution is 8.04. The van der Waals surface area contributed by atoms with Gasteiger partial charge < -0.3 is 4.74 Å². The summed E-state index contributed by atoms with van der Waals surface area (Å²) in [5.41, 5.74) is 1.34. The van der Waals surface area contributed by atoms with Crippen LogP contribution in [0.3, 0.4) is 0 Å². The van der Waals surface area contributed by atoms with E-state index >= 15 is 0 Å². The lowest BCUT2D eigenvalue weighted by Crippen LogP contribution is -2.31. The van der Waals surface area contributed by atoms with Crippen molar-refractivity contribution in [1.82, 2.24) is 0 Å². The van der Waals surface area contributed by atoms with Gasteiger partial charge >= 0.3 is 0 Å². The molecule has 0 bridgehead atoms. The molecule has 1 heterocycles. The summed E-state index contributed by atoms with van der Waals surface area (Å²) in [6.07, 6.45) is 0. The molecule has 4 nitrogen and oxygen atoms in total. The number of halogens is 2. The third kappa shape index (κ3) is 3.84. The van der Waals surface area contributed by atoms with Gasteiger partial charge in [0.25, 0.3) is 11.8 Å². The van der Waals surface area contributed by atoms with Crippen molar-refractivity contribution in [3.63, 3.8) is 0 Å². The van der Waals surface area contributed by atoms with Gasteiger partial charge in [-0.1, -0.05) is 65.3 Å². The number of imide groups is 1. The highest BCUT2D eigenvalue weighted by Gasteiger charge is 2.40. The summed E-state index contributed by atoms with van der Waals surface area (Å²) in [5, 5.41) is 0.617. The quantitative estimate of drug-likeness (QED) is 0.437. The molecule has 0 fully saturated rings. The predicted octanol–water partition coefficient (Wildman–Crippen LogP) is 6.08. The lowest BCUT2D eigenvalue weighted by Gasteiger charge is -2.16. The van der Waals surface area contributed by atoms with E-state index in [-0.39, 0.29) is 5.02 Å². The minimum Gasteiger partial charge on any atom is -0.497 e. The fraction of sp³-hybridized carbons (Fsp3) is 0.0435. The molecule has 0 N–H and O–H groups in total. The first kappa shape index (κ1) is 20.5. The Morgan fingerprint density at radius 3 is 2.17 bits per heavy atom. The molecule has 3 aromatic rings. The Hall–Kier alpha value is -2.73. The van der Waals surface area contributed by atoms with Crippen molar-refractivity contribution >= 4 is 58.0 Å². The second-order valence-corrected chi connectivity index (χ2v) is 8.29. The number of rotatable bonds is 5. The first-order chi connectivity index (χ1) is 14.5.